The van der Waals surface area contributed by atoms with Gasteiger partial charge in [-0.2, -0.15) is 0 Å². The van der Waals surface area contributed by atoms with E-state index in [1.54, 1.807) is 13.3 Å². The summed E-state index contributed by atoms with van der Waals surface area (Å²) in [4.78, 5) is 11.5. The third-order valence-electron chi connectivity index (χ3n) is 5.37. The van der Waals surface area contributed by atoms with Gasteiger partial charge in [0.05, 0.1) is 12.2 Å². The second-order valence-electron chi connectivity index (χ2n) is 7.60. The van der Waals surface area contributed by atoms with Crippen LogP contribution in [-0.2, 0) is 6.54 Å². The lowest BCUT2D eigenvalue weighted by atomic mass is 10.0. The molecule has 0 amide bonds. The Labute approximate surface area is 168 Å². The van der Waals surface area contributed by atoms with Crippen molar-refractivity contribution < 1.29 is 4.42 Å². The number of hydrogen-bond acceptors (Lipinski definition) is 4. The van der Waals surface area contributed by atoms with Crippen molar-refractivity contribution in [2.24, 2.45) is 4.99 Å². The number of likely N-dealkylation sites (tertiary alicyclic amines) is 1. The number of hydrogen-bond donors (Lipinski definition) is 2. The summed E-state index contributed by atoms with van der Waals surface area (Å²) in [6.07, 6.45) is 6.86. The lowest BCUT2D eigenvalue weighted by molar-refractivity contribution is 0.159. The molecule has 3 rings (SSSR count). The average molecular weight is 384 g/mol. The molecule has 1 aliphatic rings. The monoisotopic (exact) mass is 383 g/mol. The quantitative estimate of drug-likeness (QED) is 0.435. The fourth-order valence-electron chi connectivity index (χ4n) is 3.59. The zero-order valence-corrected chi connectivity index (χ0v) is 17.4. The van der Waals surface area contributed by atoms with Gasteiger partial charge in [0.1, 0.15) is 6.26 Å². The summed E-state index contributed by atoms with van der Waals surface area (Å²) in [7, 11) is 1.79. The molecule has 1 aliphatic heterocycles. The fourth-order valence-corrected chi connectivity index (χ4v) is 3.59. The zero-order valence-electron chi connectivity index (χ0n) is 17.4. The molecule has 0 aliphatic carbocycles. The van der Waals surface area contributed by atoms with Crippen LogP contribution in [0.1, 0.15) is 43.9 Å². The van der Waals surface area contributed by atoms with E-state index in [1.165, 1.54) is 31.4 Å². The first-order valence-corrected chi connectivity index (χ1v) is 10.4. The SMILES string of the molecule is CN=C(NCCCN1CCCCC1C)NCc1coc(-c2ccc(C)cc2)n1. The van der Waals surface area contributed by atoms with Gasteiger partial charge < -0.3 is 20.0 Å². The first kappa shape index (κ1) is 20.4. The van der Waals surface area contributed by atoms with Crippen molar-refractivity contribution in [3.63, 3.8) is 0 Å². The number of aliphatic imine (C=N–C) groups is 1. The highest BCUT2D eigenvalue weighted by Crippen LogP contribution is 2.19. The maximum Gasteiger partial charge on any atom is 0.226 e. The summed E-state index contributed by atoms with van der Waals surface area (Å²) in [5, 5.41) is 6.70. The van der Waals surface area contributed by atoms with E-state index >= 15 is 0 Å². The Kier molecular flexibility index (Phi) is 7.48. The second kappa shape index (κ2) is 10.3. The number of oxazole rings is 1. The molecule has 28 heavy (non-hydrogen) atoms. The highest BCUT2D eigenvalue weighted by atomic mass is 16.3. The third kappa shape index (κ3) is 5.83. The van der Waals surface area contributed by atoms with Crippen LogP contribution in [-0.4, -0.2) is 48.6 Å². The molecular formula is C22H33N5O. The van der Waals surface area contributed by atoms with Crippen LogP contribution in [0, 0.1) is 6.92 Å². The molecule has 152 valence electrons. The molecule has 1 aromatic carbocycles. The van der Waals surface area contributed by atoms with Gasteiger partial charge in [0.25, 0.3) is 0 Å². The standard InChI is InChI=1S/C22H33N5O/c1-17-8-10-19(11-9-17)21-26-20(16-28-21)15-25-22(23-3)24-12-6-14-27-13-5-4-7-18(27)2/h8-11,16,18H,4-7,12-15H2,1-3H3,(H2,23,24,25). The van der Waals surface area contributed by atoms with Crippen molar-refractivity contribution in [3.05, 3.63) is 41.8 Å². The van der Waals surface area contributed by atoms with E-state index in [1.807, 2.05) is 12.1 Å². The van der Waals surface area contributed by atoms with Gasteiger partial charge in [-0.1, -0.05) is 24.1 Å². The summed E-state index contributed by atoms with van der Waals surface area (Å²) in [5.41, 5.74) is 3.08. The van der Waals surface area contributed by atoms with Crippen LogP contribution >= 0.6 is 0 Å². The number of guanidine groups is 1. The number of benzene rings is 1. The molecule has 2 aromatic rings. The first-order chi connectivity index (χ1) is 13.7. The summed E-state index contributed by atoms with van der Waals surface area (Å²) in [6, 6.07) is 8.91. The van der Waals surface area contributed by atoms with Gasteiger partial charge in [-0.25, -0.2) is 4.98 Å². The van der Waals surface area contributed by atoms with Gasteiger partial charge in [-0.3, -0.25) is 4.99 Å². The highest BCUT2D eigenvalue weighted by Gasteiger charge is 2.17. The largest absolute Gasteiger partial charge is 0.444 e. The molecule has 0 bridgehead atoms. The minimum Gasteiger partial charge on any atom is -0.444 e. The Morgan fingerprint density at radius 1 is 1.25 bits per heavy atom. The molecule has 2 heterocycles. The topological polar surface area (TPSA) is 65.7 Å². The van der Waals surface area contributed by atoms with Crippen LogP contribution < -0.4 is 10.6 Å². The van der Waals surface area contributed by atoms with E-state index in [9.17, 15) is 0 Å². The second-order valence-corrected chi connectivity index (χ2v) is 7.60. The predicted octanol–water partition coefficient (Wildman–Crippen LogP) is 3.58. The van der Waals surface area contributed by atoms with Crippen molar-refractivity contribution in [2.45, 2.75) is 52.1 Å². The molecule has 1 saturated heterocycles. The van der Waals surface area contributed by atoms with Gasteiger partial charge in [-0.15, -0.1) is 0 Å². The minimum atomic E-state index is 0.582. The van der Waals surface area contributed by atoms with E-state index in [4.69, 9.17) is 4.42 Å². The minimum absolute atomic E-state index is 0.582. The first-order valence-electron chi connectivity index (χ1n) is 10.4. The number of aryl methyl sites for hydroxylation is 1. The van der Waals surface area contributed by atoms with Gasteiger partial charge in [-0.05, 0) is 51.8 Å². The van der Waals surface area contributed by atoms with E-state index in [2.05, 4.69) is 51.5 Å². The molecule has 0 spiro atoms. The van der Waals surface area contributed by atoms with Gasteiger partial charge in [0.2, 0.25) is 5.89 Å². The molecule has 0 radical (unpaired) electrons. The predicted molar refractivity (Wildman–Crippen MR) is 114 cm³/mol. The van der Waals surface area contributed by atoms with Crippen LogP contribution in [0.15, 0.2) is 39.9 Å². The van der Waals surface area contributed by atoms with Crippen LogP contribution in [0.2, 0.25) is 0 Å². The number of nitrogens with one attached hydrogen (secondary N) is 2. The van der Waals surface area contributed by atoms with Crippen LogP contribution in [0.4, 0.5) is 0 Å². The maximum absolute atomic E-state index is 5.62. The van der Waals surface area contributed by atoms with Crippen LogP contribution in [0.25, 0.3) is 11.5 Å². The normalized spacial score (nSPS) is 18.2. The summed E-state index contributed by atoms with van der Waals surface area (Å²) < 4.78 is 5.62. The molecule has 6 nitrogen and oxygen atoms in total. The van der Waals surface area contributed by atoms with E-state index in [0.717, 1.165) is 42.8 Å². The van der Waals surface area contributed by atoms with Crippen molar-refractivity contribution in [2.75, 3.05) is 26.7 Å². The van der Waals surface area contributed by atoms with Gasteiger partial charge >= 0.3 is 0 Å². The molecule has 1 aromatic heterocycles. The molecule has 1 atom stereocenters. The maximum atomic E-state index is 5.62. The molecule has 1 fully saturated rings. The lowest BCUT2D eigenvalue weighted by Gasteiger charge is -2.33. The average Bonchev–Trinajstić information content (AvgIpc) is 3.18. The Hall–Kier alpha value is -2.34. The summed E-state index contributed by atoms with van der Waals surface area (Å²) in [6.45, 7) is 8.29. The third-order valence-corrected chi connectivity index (χ3v) is 5.37. The van der Waals surface area contributed by atoms with Crippen molar-refractivity contribution in [3.8, 4) is 11.5 Å². The molecule has 0 saturated carbocycles. The van der Waals surface area contributed by atoms with Gasteiger partial charge in [0, 0.05) is 31.7 Å². The van der Waals surface area contributed by atoms with Crippen LogP contribution in [0.5, 0.6) is 0 Å². The van der Waals surface area contributed by atoms with Crippen molar-refractivity contribution >= 4 is 5.96 Å². The van der Waals surface area contributed by atoms with Crippen molar-refractivity contribution in [1.82, 2.24) is 20.5 Å². The number of rotatable bonds is 7. The molecule has 1 unspecified atom stereocenters. The smallest absolute Gasteiger partial charge is 0.226 e. The highest BCUT2D eigenvalue weighted by molar-refractivity contribution is 5.79. The molecular weight excluding hydrogens is 350 g/mol. The zero-order chi connectivity index (χ0) is 19.8. The van der Waals surface area contributed by atoms with E-state index in [-0.39, 0.29) is 0 Å². The van der Waals surface area contributed by atoms with E-state index in [0.29, 0.717) is 12.4 Å². The number of aromatic nitrogens is 1. The number of nitrogens with zero attached hydrogens (tertiary/aromatic N) is 3. The van der Waals surface area contributed by atoms with Gasteiger partial charge in [0.15, 0.2) is 5.96 Å². The Balaban J connectivity index is 1.40. The molecule has 2 N–H and O–H groups in total. The van der Waals surface area contributed by atoms with E-state index < -0.39 is 0 Å². The van der Waals surface area contributed by atoms with Crippen LogP contribution in [0.3, 0.4) is 0 Å². The molecule has 6 heteroatoms. The Bertz CT molecular complexity index is 753. The Morgan fingerprint density at radius 3 is 2.82 bits per heavy atom. The summed E-state index contributed by atoms with van der Waals surface area (Å²) >= 11 is 0. The van der Waals surface area contributed by atoms with Crippen molar-refractivity contribution in [1.29, 1.82) is 0 Å². The Morgan fingerprint density at radius 2 is 2.07 bits per heavy atom. The number of piperidine rings is 1. The fraction of sp³-hybridized carbons (Fsp3) is 0.545. The lowest BCUT2D eigenvalue weighted by Crippen LogP contribution is -2.41. The summed E-state index contributed by atoms with van der Waals surface area (Å²) in [5.74, 6) is 1.45.